The molecule has 1 aliphatic rings. The zero-order valence-corrected chi connectivity index (χ0v) is 9.27. The molecule has 13 heavy (non-hydrogen) atoms. The average Bonchev–Trinajstić information content (AvgIpc) is 2.13. The maximum absolute atomic E-state index is 3.78. The van der Waals surface area contributed by atoms with Crippen LogP contribution in [-0.4, -0.2) is 13.4 Å². The predicted molar refractivity (Wildman–Crippen MR) is 62.6 cm³/mol. The van der Waals surface area contributed by atoms with E-state index in [1.165, 1.54) is 19.3 Å². The van der Waals surface area contributed by atoms with Crippen molar-refractivity contribution in [3.8, 4) is 0 Å². The van der Waals surface area contributed by atoms with Gasteiger partial charge in [-0.05, 0) is 0 Å². The van der Waals surface area contributed by atoms with Gasteiger partial charge in [-0.2, -0.15) is 0 Å². The van der Waals surface area contributed by atoms with Crippen LogP contribution in [0.1, 0.15) is 40.0 Å². The van der Waals surface area contributed by atoms with Gasteiger partial charge in [0.1, 0.15) is 0 Å². The van der Waals surface area contributed by atoms with Crippen molar-refractivity contribution in [2.45, 2.75) is 46.4 Å². The van der Waals surface area contributed by atoms with Crippen LogP contribution in [0.5, 0.6) is 0 Å². The van der Waals surface area contributed by atoms with E-state index < -0.39 is 0 Å². The van der Waals surface area contributed by atoms with Gasteiger partial charge in [0.05, 0.1) is 0 Å². The van der Waals surface area contributed by atoms with Crippen molar-refractivity contribution in [2.75, 3.05) is 0 Å². The number of hydrogen-bond acceptors (Lipinski definition) is 0. The minimum atomic E-state index is 0.800. The maximum atomic E-state index is 3.78. The van der Waals surface area contributed by atoms with E-state index in [-0.39, 0.29) is 0 Å². The Morgan fingerprint density at radius 3 is 2.77 bits per heavy atom. The van der Waals surface area contributed by atoms with Crippen LogP contribution in [0.3, 0.4) is 0 Å². The van der Waals surface area contributed by atoms with E-state index in [2.05, 4.69) is 27.2 Å². The van der Waals surface area contributed by atoms with E-state index in [0.717, 1.165) is 18.2 Å². The predicted octanol–water partition coefficient (Wildman–Crippen LogP) is 3.31. The molecule has 0 N–H and O–H groups in total. The molecule has 0 bridgehead atoms. The second-order valence-electron chi connectivity index (χ2n) is 4.42. The third-order valence-corrected chi connectivity index (χ3v) is 3.65. The number of allylic oxidation sites excluding steroid dienone is 2. The Bertz CT molecular complexity index is 215. The molecule has 0 amide bonds. The van der Waals surface area contributed by atoms with E-state index in [9.17, 15) is 0 Å². The topological polar surface area (TPSA) is 0 Å². The van der Waals surface area contributed by atoms with Crippen LogP contribution in [0.2, 0.25) is 6.32 Å². The molecular weight excluding hydrogens is 155 g/mol. The molecule has 0 radical (unpaired) electrons. The summed E-state index contributed by atoms with van der Waals surface area (Å²) in [5.41, 5.74) is 3.35. The van der Waals surface area contributed by atoms with Gasteiger partial charge in [-0.25, -0.2) is 0 Å². The van der Waals surface area contributed by atoms with Crippen molar-refractivity contribution in [1.82, 2.24) is 0 Å². The number of rotatable bonds is 3. The Morgan fingerprint density at radius 2 is 2.15 bits per heavy atom. The molecular formula is C12H21B. The van der Waals surface area contributed by atoms with Gasteiger partial charge >= 0.3 is 82.7 Å². The van der Waals surface area contributed by atoms with Crippen molar-refractivity contribution in [2.24, 2.45) is 11.8 Å². The Labute approximate surface area is 83.3 Å². The van der Waals surface area contributed by atoms with Gasteiger partial charge in [0.25, 0.3) is 0 Å². The summed E-state index contributed by atoms with van der Waals surface area (Å²) in [6.07, 6.45) is 5.09. The fraction of sp³-hybridized carbons (Fsp3) is 0.750. The summed E-state index contributed by atoms with van der Waals surface area (Å²) in [5.74, 6) is 1.68. The van der Waals surface area contributed by atoms with Gasteiger partial charge in [0.15, 0.2) is 0 Å². The quantitative estimate of drug-likeness (QED) is 0.457. The van der Waals surface area contributed by atoms with Crippen LogP contribution < -0.4 is 0 Å². The molecule has 2 atom stereocenters. The van der Waals surface area contributed by atoms with Crippen LogP contribution in [-0.2, 0) is 0 Å². The molecule has 0 aromatic carbocycles. The molecule has 0 aliphatic heterocycles. The van der Waals surface area contributed by atoms with Crippen molar-refractivity contribution < 1.29 is 0 Å². The van der Waals surface area contributed by atoms with Crippen molar-refractivity contribution in [3.63, 3.8) is 0 Å². The zero-order chi connectivity index (χ0) is 9.84. The SMILES string of the molecule is C=BCCC1=C(C)C(C)C(C)CC1. The van der Waals surface area contributed by atoms with Crippen LogP contribution in [0.25, 0.3) is 0 Å². The molecule has 2 unspecified atom stereocenters. The summed E-state index contributed by atoms with van der Waals surface area (Å²) in [5, 5.41) is 0. The summed E-state index contributed by atoms with van der Waals surface area (Å²) in [4.78, 5) is 0. The summed E-state index contributed by atoms with van der Waals surface area (Å²) in [6.45, 7) is 12.9. The Balaban J connectivity index is 2.65. The normalized spacial score (nSPS) is 28.8. The van der Waals surface area contributed by atoms with Gasteiger partial charge in [-0.15, -0.1) is 0 Å². The summed E-state index contributed by atoms with van der Waals surface area (Å²) in [7, 11) is 0. The summed E-state index contributed by atoms with van der Waals surface area (Å²) >= 11 is 0. The molecule has 1 aliphatic carbocycles. The molecule has 0 nitrogen and oxygen atoms in total. The van der Waals surface area contributed by atoms with Crippen LogP contribution in [0.4, 0.5) is 0 Å². The third-order valence-electron chi connectivity index (χ3n) is 3.65. The second-order valence-corrected chi connectivity index (χ2v) is 4.42. The first kappa shape index (κ1) is 10.8. The molecule has 0 saturated carbocycles. The minimum absolute atomic E-state index is 0.800. The fourth-order valence-electron chi connectivity index (χ4n) is 2.20. The van der Waals surface area contributed by atoms with Gasteiger partial charge in [-0.3, -0.25) is 0 Å². The second kappa shape index (κ2) is 4.78. The van der Waals surface area contributed by atoms with Crippen molar-refractivity contribution in [1.29, 1.82) is 0 Å². The third kappa shape index (κ3) is 2.56. The first-order valence-corrected chi connectivity index (χ1v) is 5.46. The van der Waals surface area contributed by atoms with Crippen molar-refractivity contribution >= 4 is 13.4 Å². The monoisotopic (exact) mass is 176 g/mol. The molecule has 0 fully saturated rings. The van der Waals surface area contributed by atoms with E-state index in [0.29, 0.717) is 0 Å². The number of hydrogen-bond donors (Lipinski definition) is 0. The van der Waals surface area contributed by atoms with E-state index in [4.69, 9.17) is 0 Å². The van der Waals surface area contributed by atoms with Crippen LogP contribution >= 0.6 is 0 Å². The Morgan fingerprint density at radius 1 is 1.46 bits per heavy atom. The standard InChI is InChI=1S/C12H21B/c1-9-5-6-12(7-8-13-4)11(3)10(9)2/h9-10H,4-8H2,1-3H3. The first-order chi connectivity index (χ1) is 6.16. The summed E-state index contributed by atoms with van der Waals surface area (Å²) < 4.78 is 0. The molecule has 0 spiro atoms. The van der Waals surface area contributed by atoms with Crippen molar-refractivity contribution in [3.05, 3.63) is 11.1 Å². The molecule has 0 aromatic rings. The summed E-state index contributed by atoms with van der Waals surface area (Å²) in [6, 6.07) is 0. The fourth-order valence-corrected chi connectivity index (χ4v) is 2.20. The van der Waals surface area contributed by atoms with Crippen LogP contribution in [0, 0.1) is 11.8 Å². The Kier molecular flexibility index (Phi) is 3.96. The van der Waals surface area contributed by atoms with E-state index in [1.54, 1.807) is 11.1 Å². The van der Waals surface area contributed by atoms with Gasteiger partial charge in [0.2, 0.25) is 0 Å². The van der Waals surface area contributed by atoms with Crippen LogP contribution in [0.15, 0.2) is 11.1 Å². The molecule has 0 saturated heterocycles. The molecule has 1 heteroatoms. The molecule has 1 rings (SSSR count). The van der Waals surface area contributed by atoms with E-state index in [1.807, 2.05) is 6.92 Å². The van der Waals surface area contributed by atoms with Gasteiger partial charge < -0.3 is 0 Å². The van der Waals surface area contributed by atoms with E-state index >= 15 is 0 Å². The van der Waals surface area contributed by atoms with Gasteiger partial charge in [-0.1, -0.05) is 0 Å². The first-order valence-electron chi connectivity index (χ1n) is 5.46. The molecule has 0 aromatic heterocycles. The Hall–Kier alpha value is -0.325. The zero-order valence-electron chi connectivity index (χ0n) is 9.27. The molecule has 0 heterocycles. The molecule has 72 valence electrons. The van der Waals surface area contributed by atoms with Gasteiger partial charge in [0, 0.05) is 0 Å². The average molecular weight is 176 g/mol.